The van der Waals surface area contributed by atoms with Crippen LogP contribution in [0.1, 0.15) is 19.8 Å². The Morgan fingerprint density at radius 2 is 2.23 bits per heavy atom. The highest BCUT2D eigenvalue weighted by atomic mass is 16.1. The zero-order valence-corrected chi connectivity index (χ0v) is 7.93. The summed E-state index contributed by atoms with van der Waals surface area (Å²) < 4.78 is 0. The van der Waals surface area contributed by atoms with Crippen molar-refractivity contribution in [2.45, 2.75) is 19.8 Å². The third-order valence-electron chi connectivity index (χ3n) is 1.62. The molecule has 0 fully saturated rings. The minimum atomic E-state index is -0.0658. The first-order valence-corrected chi connectivity index (χ1v) is 4.31. The summed E-state index contributed by atoms with van der Waals surface area (Å²) in [5, 5.41) is 5.11. The lowest BCUT2D eigenvalue weighted by Gasteiger charge is -2.05. The predicted molar refractivity (Wildman–Crippen MR) is 51.1 cm³/mol. The van der Waals surface area contributed by atoms with E-state index in [1.807, 2.05) is 6.92 Å². The molecule has 0 unspecified atom stereocenters. The maximum absolute atomic E-state index is 11.0. The van der Waals surface area contributed by atoms with Crippen molar-refractivity contribution in [3.63, 3.8) is 0 Å². The van der Waals surface area contributed by atoms with Crippen LogP contribution in [0.5, 0.6) is 0 Å². The van der Waals surface area contributed by atoms with Gasteiger partial charge in [-0.05, 0) is 6.42 Å². The molecule has 0 rings (SSSR count). The average Bonchev–Trinajstić information content (AvgIpc) is 2.14. The highest BCUT2D eigenvalue weighted by Crippen LogP contribution is 1.92. The van der Waals surface area contributed by atoms with E-state index in [2.05, 4.69) is 17.2 Å². The Balaban J connectivity index is 3.40. The largest absolute Gasteiger partial charge is 0.358 e. The monoisotopic (exact) mass is 184 g/mol. The lowest BCUT2D eigenvalue weighted by molar-refractivity contribution is -0.120. The molecule has 0 aromatic heterocycles. The van der Waals surface area contributed by atoms with Crippen LogP contribution in [0.15, 0.2) is 12.2 Å². The number of rotatable bonds is 7. The maximum Gasteiger partial charge on any atom is 0.222 e. The van der Waals surface area contributed by atoms with E-state index in [9.17, 15) is 9.59 Å². The van der Waals surface area contributed by atoms with Crippen molar-refractivity contribution in [1.82, 2.24) is 10.6 Å². The summed E-state index contributed by atoms with van der Waals surface area (Å²) in [6.07, 6.45) is 1.76. The molecule has 74 valence electrons. The summed E-state index contributed by atoms with van der Waals surface area (Å²) in [5.74, 6) is -0.0658. The zero-order chi connectivity index (χ0) is 10.1. The maximum atomic E-state index is 11.0. The van der Waals surface area contributed by atoms with Gasteiger partial charge in [-0.2, -0.15) is 0 Å². The fourth-order valence-corrected chi connectivity index (χ4v) is 0.682. The quantitative estimate of drug-likeness (QED) is 0.337. The van der Waals surface area contributed by atoms with E-state index >= 15 is 0 Å². The van der Waals surface area contributed by atoms with Crippen molar-refractivity contribution >= 4 is 12.3 Å². The molecule has 4 heteroatoms. The Bertz CT molecular complexity index is 190. The van der Waals surface area contributed by atoms with Crippen LogP contribution in [0.3, 0.4) is 0 Å². The Labute approximate surface area is 78.4 Å². The van der Waals surface area contributed by atoms with Crippen molar-refractivity contribution < 1.29 is 9.59 Å². The summed E-state index contributed by atoms with van der Waals surface area (Å²) in [7, 11) is 0. The molecular formula is C9H16N2O2. The van der Waals surface area contributed by atoms with Crippen LogP contribution >= 0.6 is 0 Å². The number of amides is 2. The lowest BCUT2D eigenvalue weighted by Crippen LogP contribution is -2.28. The first-order valence-electron chi connectivity index (χ1n) is 4.31. The first-order chi connectivity index (χ1) is 6.20. The highest BCUT2D eigenvalue weighted by Gasteiger charge is 1.99. The van der Waals surface area contributed by atoms with Crippen molar-refractivity contribution in [3.05, 3.63) is 12.2 Å². The first kappa shape index (κ1) is 11.7. The van der Waals surface area contributed by atoms with Gasteiger partial charge in [0, 0.05) is 19.5 Å². The van der Waals surface area contributed by atoms with Crippen LogP contribution in [0.4, 0.5) is 0 Å². The molecule has 2 N–H and O–H groups in total. The molecule has 0 radical (unpaired) electrons. The van der Waals surface area contributed by atoms with Crippen LogP contribution in [0.25, 0.3) is 0 Å². The summed E-state index contributed by atoms with van der Waals surface area (Å²) in [6.45, 7) is 6.65. The van der Waals surface area contributed by atoms with Gasteiger partial charge in [0.25, 0.3) is 0 Å². The predicted octanol–water partition coefficient (Wildman–Crippen LogP) is 0.205. The van der Waals surface area contributed by atoms with Crippen LogP contribution in [-0.2, 0) is 9.59 Å². The molecule has 13 heavy (non-hydrogen) atoms. The van der Waals surface area contributed by atoms with Gasteiger partial charge in [0.2, 0.25) is 12.3 Å². The molecule has 0 bridgehead atoms. The zero-order valence-electron chi connectivity index (χ0n) is 7.93. The van der Waals surface area contributed by atoms with Gasteiger partial charge in [-0.25, -0.2) is 0 Å². The SMILES string of the molecule is C=C(CC)CNC(=O)CCNC=O. The van der Waals surface area contributed by atoms with Gasteiger partial charge in [-0.1, -0.05) is 19.1 Å². The summed E-state index contributed by atoms with van der Waals surface area (Å²) in [5.41, 5.74) is 0.997. The molecule has 2 amide bonds. The molecule has 0 aromatic rings. The Morgan fingerprint density at radius 3 is 2.77 bits per heavy atom. The smallest absolute Gasteiger partial charge is 0.222 e. The average molecular weight is 184 g/mol. The van der Waals surface area contributed by atoms with E-state index in [0.29, 0.717) is 25.9 Å². The highest BCUT2D eigenvalue weighted by molar-refractivity contribution is 5.76. The fraction of sp³-hybridized carbons (Fsp3) is 0.556. The molecule has 0 atom stereocenters. The molecule has 0 aliphatic rings. The second-order valence-electron chi connectivity index (χ2n) is 2.70. The number of carbonyl (C=O) groups is 2. The molecule has 0 aromatic carbocycles. The van der Waals surface area contributed by atoms with Gasteiger partial charge in [0.05, 0.1) is 0 Å². The van der Waals surface area contributed by atoms with Gasteiger partial charge in [0.1, 0.15) is 0 Å². The van der Waals surface area contributed by atoms with Crippen LogP contribution < -0.4 is 10.6 Å². The van der Waals surface area contributed by atoms with E-state index < -0.39 is 0 Å². The number of nitrogens with one attached hydrogen (secondary N) is 2. The Hall–Kier alpha value is -1.32. The molecule has 0 saturated heterocycles. The van der Waals surface area contributed by atoms with E-state index in [-0.39, 0.29) is 5.91 Å². The molecule has 0 saturated carbocycles. The van der Waals surface area contributed by atoms with Gasteiger partial charge >= 0.3 is 0 Å². The molecule has 0 aliphatic heterocycles. The van der Waals surface area contributed by atoms with E-state index in [1.165, 1.54) is 0 Å². The molecular weight excluding hydrogens is 168 g/mol. The van der Waals surface area contributed by atoms with Crippen LogP contribution in [-0.4, -0.2) is 25.4 Å². The van der Waals surface area contributed by atoms with Crippen LogP contribution in [0, 0.1) is 0 Å². The summed E-state index contributed by atoms with van der Waals surface area (Å²) >= 11 is 0. The van der Waals surface area contributed by atoms with Crippen molar-refractivity contribution in [2.24, 2.45) is 0 Å². The lowest BCUT2D eigenvalue weighted by atomic mass is 10.2. The minimum Gasteiger partial charge on any atom is -0.358 e. The van der Waals surface area contributed by atoms with Crippen molar-refractivity contribution in [3.8, 4) is 0 Å². The number of hydrogen-bond donors (Lipinski definition) is 2. The fourth-order valence-electron chi connectivity index (χ4n) is 0.682. The molecule has 0 aliphatic carbocycles. The minimum absolute atomic E-state index is 0.0658. The topological polar surface area (TPSA) is 58.2 Å². The molecule has 0 heterocycles. The van der Waals surface area contributed by atoms with Crippen molar-refractivity contribution in [2.75, 3.05) is 13.1 Å². The summed E-state index contributed by atoms with van der Waals surface area (Å²) in [6, 6.07) is 0. The Morgan fingerprint density at radius 1 is 1.54 bits per heavy atom. The summed E-state index contributed by atoms with van der Waals surface area (Å²) in [4.78, 5) is 20.9. The third-order valence-corrected chi connectivity index (χ3v) is 1.62. The van der Waals surface area contributed by atoms with E-state index in [0.717, 1.165) is 12.0 Å². The molecule has 4 nitrogen and oxygen atoms in total. The van der Waals surface area contributed by atoms with Gasteiger partial charge in [-0.3, -0.25) is 9.59 Å². The second kappa shape index (κ2) is 7.34. The van der Waals surface area contributed by atoms with Gasteiger partial charge < -0.3 is 10.6 Å². The number of carbonyl (C=O) groups excluding carboxylic acids is 2. The second-order valence-corrected chi connectivity index (χ2v) is 2.70. The number of hydrogen-bond acceptors (Lipinski definition) is 2. The van der Waals surface area contributed by atoms with Crippen LogP contribution in [0.2, 0.25) is 0 Å². The third kappa shape index (κ3) is 7.05. The van der Waals surface area contributed by atoms with E-state index in [4.69, 9.17) is 0 Å². The molecule has 0 spiro atoms. The van der Waals surface area contributed by atoms with E-state index in [1.54, 1.807) is 0 Å². The van der Waals surface area contributed by atoms with Crippen molar-refractivity contribution in [1.29, 1.82) is 0 Å². The Kier molecular flexibility index (Phi) is 6.59. The van der Waals surface area contributed by atoms with Gasteiger partial charge in [-0.15, -0.1) is 0 Å². The van der Waals surface area contributed by atoms with Gasteiger partial charge in [0.15, 0.2) is 0 Å². The normalized spacial score (nSPS) is 9.00. The standard InChI is InChI=1S/C9H16N2O2/c1-3-8(2)6-11-9(13)4-5-10-7-12/h7H,2-6H2,1H3,(H,10,12)(H,11,13).